The minimum atomic E-state index is -0.568. The molecule has 0 radical (unpaired) electrons. The van der Waals surface area contributed by atoms with Gasteiger partial charge >= 0.3 is 0 Å². The molecule has 1 rings (SSSR count). The summed E-state index contributed by atoms with van der Waals surface area (Å²) < 4.78 is 0. The average molecular weight is 478 g/mol. The molecule has 4 N–H and O–H groups in total. The van der Waals surface area contributed by atoms with Gasteiger partial charge < -0.3 is 16.4 Å². The van der Waals surface area contributed by atoms with Gasteiger partial charge in [0.25, 0.3) is 0 Å². The van der Waals surface area contributed by atoms with E-state index < -0.39 is 5.91 Å². The lowest BCUT2D eigenvalue weighted by atomic mass is 10.2. The Balaban J connectivity index is 2.06. The van der Waals surface area contributed by atoms with Crippen molar-refractivity contribution in [1.82, 2.24) is 5.32 Å². The number of unbranched alkanes of at least 4 members (excludes halogenated alkanes) is 1. The maximum atomic E-state index is 12.0. The second kappa shape index (κ2) is 19.8. The Morgan fingerprint density at radius 2 is 1.37 bits per heavy atom. The van der Waals surface area contributed by atoms with Crippen molar-refractivity contribution >= 4 is 23.4 Å². The van der Waals surface area contributed by atoms with Crippen molar-refractivity contribution in [1.29, 1.82) is 0 Å². The zero-order valence-electron chi connectivity index (χ0n) is 20.7. The molecule has 6 heteroatoms. The zero-order chi connectivity index (χ0) is 25.6. The minimum Gasteiger partial charge on any atom is -0.366 e. The number of hydrogen-bond acceptors (Lipinski definition) is 3. The lowest BCUT2D eigenvalue weighted by Crippen LogP contribution is -2.32. The molecule has 0 fully saturated rings. The van der Waals surface area contributed by atoms with E-state index in [0.717, 1.165) is 44.9 Å². The van der Waals surface area contributed by atoms with E-state index in [0.29, 0.717) is 17.7 Å². The van der Waals surface area contributed by atoms with E-state index in [1.807, 2.05) is 0 Å². The van der Waals surface area contributed by atoms with Crippen LogP contribution in [0.2, 0.25) is 0 Å². The second-order valence-electron chi connectivity index (χ2n) is 7.87. The standard InChI is InChI=1S/C29H39N3O3/c1-2-3-4-5-6-7-8-9-10-11-12-13-14-15-16-17-18-22-27(33)31-24-28(34)32-26-21-19-20-25(23-26)29(30)35/h3-4,6-7,9-10,12-13,15-16,19-21,23H,2,5,8,11,14,17-18,22,24H2,1H3,(H2,30,35)(H,31,33)(H,32,34)/b4-3-,7-6-,10-9-,13-12-,16-15-. The first-order valence-corrected chi connectivity index (χ1v) is 12.2. The highest BCUT2D eigenvalue weighted by molar-refractivity contribution is 5.97. The molecular formula is C29H39N3O3. The van der Waals surface area contributed by atoms with E-state index in [1.165, 1.54) is 6.07 Å². The number of anilines is 1. The normalized spacial score (nSPS) is 11.9. The molecule has 35 heavy (non-hydrogen) atoms. The summed E-state index contributed by atoms with van der Waals surface area (Å²) in [6, 6.07) is 6.34. The number of nitrogens with one attached hydrogen (secondary N) is 2. The number of benzene rings is 1. The molecule has 0 atom stereocenters. The molecule has 0 bridgehead atoms. The molecule has 0 aromatic heterocycles. The zero-order valence-corrected chi connectivity index (χ0v) is 20.7. The molecule has 6 nitrogen and oxygen atoms in total. The van der Waals surface area contributed by atoms with E-state index in [-0.39, 0.29) is 18.4 Å². The largest absolute Gasteiger partial charge is 0.366 e. The van der Waals surface area contributed by atoms with Gasteiger partial charge in [0.05, 0.1) is 6.54 Å². The summed E-state index contributed by atoms with van der Waals surface area (Å²) in [7, 11) is 0. The number of rotatable bonds is 17. The first-order chi connectivity index (χ1) is 17.0. The van der Waals surface area contributed by atoms with Crippen molar-refractivity contribution < 1.29 is 14.4 Å². The number of nitrogens with two attached hydrogens (primary N) is 1. The monoisotopic (exact) mass is 477 g/mol. The fourth-order valence-corrected chi connectivity index (χ4v) is 2.97. The second-order valence-corrected chi connectivity index (χ2v) is 7.87. The fourth-order valence-electron chi connectivity index (χ4n) is 2.97. The summed E-state index contributed by atoms with van der Waals surface area (Å²) in [5.41, 5.74) is 5.99. The van der Waals surface area contributed by atoms with Gasteiger partial charge in [-0.25, -0.2) is 0 Å². The van der Waals surface area contributed by atoms with Crippen LogP contribution in [0.3, 0.4) is 0 Å². The Morgan fingerprint density at radius 3 is 1.94 bits per heavy atom. The Bertz CT molecular complexity index is 927. The van der Waals surface area contributed by atoms with E-state index in [4.69, 9.17) is 5.73 Å². The van der Waals surface area contributed by atoms with Crippen LogP contribution in [0.25, 0.3) is 0 Å². The molecule has 3 amide bonds. The predicted octanol–water partition coefficient (Wildman–Crippen LogP) is 5.76. The number of hydrogen-bond donors (Lipinski definition) is 3. The first kappa shape index (κ1) is 29.4. The molecule has 0 unspecified atom stereocenters. The Morgan fingerprint density at radius 1 is 0.800 bits per heavy atom. The van der Waals surface area contributed by atoms with Gasteiger partial charge in [-0.15, -0.1) is 0 Å². The van der Waals surface area contributed by atoms with Gasteiger partial charge in [-0.3, -0.25) is 14.4 Å². The topological polar surface area (TPSA) is 101 Å². The Labute approximate surface area is 209 Å². The van der Waals surface area contributed by atoms with Crippen LogP contribution in [0, 0.1) is 0 Å². The van der Waals surface area contributed by atoms with Crippen LogP contribution in [-0.2, 0) is 9.59 Å². The van der Waals surface area contributed by atoms with Crippen LogP contribution in [0.15, 0.2) is 85.0 Å². The van der Waals surface area contributed by atoms with Crippen molar-refractivity contribution in [2.75, 3.05) is 11.9 Å². The lowest BCUT2D eigenvalue weighted by Gasteiger charge is -2.07. The van der Waals surface area contributed by atoms with E-state index >= 15 is 0 Å². The van der Waals surface area contributed by atoms with Crippen LogP contribution in [0.5, 0.6) is 0 Å². The molecule has 0 aliphatic rings. The smallest absolute Gasteiger partial charge is 0.248 e. The quantitative estimate of drug-likeness (QED) is 0.196. The summed E-state index contributed by atoms with van der Waals surface area (Å²) in [4.78, 5) is 35.1. The van der Waals surface area contributed by atoms with Gasteiger partial charge in [0, 0.05) is 17.7 Å². The van der Waals surface area contributed by atoms with Gasteiger partial charge in [0.1, 0.15) is 0 Å². The molecule has 0 spiro atoms. The van der Waals surface area contributed by atoms with Gasteiger partial charge in [-0.1, -0.05) is 73.8 Å². The number of primary amides is 1. The average Bonchev–Trinajstić information content (AvgIpc) is 2.84. The first-order valence-electron chi connectivity index (χ1n) is 12.2. The summed E-state index contributed by atoms with van der Waals surface area (Å²) in [6.07, 6.45) is 28.3. The van der Waals surface area contributed by atoms with Crippen molar-refractivity contribution in [3.8, 4) is 0 Å². The molecule has 0 heterocycles. The summed E-state index contributed by atoms with van der Waals surface area (Å²) in [6.45, 7) is 2.01. The highest BCUT2D eigenvalue weighted by atomic mass is 16.2. The van der Waals surface area contributed by atoms with Crippen LogP contribution < -0.4 is 16.4 Å². The van der Waals surface area contributed by atoms with Crippen LogP contribution in [0.1, 0.15) is 68.6 Å². The number of amides is 3. The summed E-state index contributed by atoms with van der Waals surface area (Å²) >= 11 is 0. The number of carbonyl (C=O) groups excluding carboxylic acids is 3. The highest BCUT2D eigenvalue weighted by Gasteiger charge is 2.07. The SMILES string of the molecule is CC/C=C\C/C=C\C/C=C\C/C=C\C/C=C\CCCC(=O)NCC(=O)Nc1cccc(C(N)=O)c1. The third kappa shape index (κ3) is 16.6. The Kier molecular flexibility index (Phi) is 16.6. The van der Waals surface area contributed by atoms with E-state index in [1.54, 1.807) is 18.2 Å². The molecule has 188 valence electrons. The van der Waals surface area contributed by atoms with Crippen molar-refractivity contribution in [3.05, 3.63) is 90.6 Å². The van der Waals surface area contributed by atoms with E-state index in [9.17, 15) is 14.4 Å². The summed E-state index contributed by atoms with van der Waals surface area (Å²) in [5, 5.41) is 5.23. The van der Waals surface area contributed by atoms with Gasteiger partial charge in [0.2, 0.25) is 17.7 Å². The molecule has 0 saturated heterocycles. The molecule has 0 aliphatic heterocycles. The lowest BCUT2D eigenvalue weighted by molar-refractivity contribution is -0.124. The third-order valence-electron chi connectivity index (χ3n) is 4.81. The molecule has 1 aromatic carbocycles. The van der Waals surface area contributed by atoms with Gasteiger partial charge in [-0.05, 0) is 63.1 Å². The number of allylic oxidation sites excluding steroid dienone is 10. The molecule has 0 aliphatic carbocycles. The van der Waals surface area contributed by atoms with Crippen LogP contribution in [0.4, 0.5) is 5.69 Å². The van der Waals surface area contributed by atoms with Crippen molar-refractivity contribution in [3.63, 3.8) is 0 Å². The fraction of sp³-hybridized carbons (Fsp3) is 0.345. The minimum absolute atomic E-state index is 0.124. The van der Waals surface area contributed by atoms with Crippen LogP contribution in [-0.4, -0.2) is 24.3 Å². The molecule has 1 aromatic rings. The maximum Gasteiger partial charge on any atom is 0.248 e. The summed E-state index contributed by atoms with van der Waals surface area (Å²) in [5.74, 6) is -1.10. The van der Waals surface area contributed by atoms with Gasteiger partial charge in [0.15, 0.2) is 0 Å². The maximum absolute atomic E-state index is 12.0. The highest BCUT2D eigenvalue weighted by Crippen LogP contribution is 2.09. The number of carbonyl (C=O) groups is 3. The molecular weight excluding hydrogens is 438 g/mol. The van der Waals surface area contributed by atoms with Gasteiger partial charge in [-0.2, -0.15) is 0 Å². The third-order valence-corrected chi connectivity index (χ3v) is 4.81. The Hall–Kier alpha value is -3.67. The van der Waals surface area contributed by atoms with E-state index in [2.05, 4.69) is 78.3 Å². The van der Waals surface area contributed by atoms with Crippen molar-refractivity contribution in [2.24, 2.45) is 5.73 Å². The van der Waals surface area contributed by atoms with Crippen LogP contribution >= 0.6 is 0 Å². The molecule has 0 saturated carbocycles. The van der Waals surface area contributed by atoms with Crippen molar-refractivity contribution in [2.45, 2.75) is 58.3 Å². The predicted molar refractivity (Wildman–Crippen MR) is 145 cm³/mol.